The van der Waals surface area contributed by atoms with Gasteiger partial charge in [-0.05, 0) is 79.9 Å². The van der Waals surface area contributed by atoms with Crippen molar-refractivity contribution >= 4 is 35.0 Å². The molecule has 3 aromatic carbocycles. The zero-order valence-electron chi connectivity index (χ0n) is 26.7. The average Bonchev–Trinajstić information content (AvgIpc) is 3.87. The number of carbonyl (C=O) groups excluding carboxylic acids is 1. The molecule has 9 nitrogen and oxygen atoms in total. The number of nitrogens with one attached hydrogen (secondary N) is 1. The molecule has 0 spiro atoms. The highest BCUT2D eigenvalue weighted by Gasteiger charge is 2.30. The smallest absolute Gasteiger partial charge is 0.254 e. The third-order valence-electron chi connectivity index (χ3n) is 8.84. The van der Waals surface area contributed by atoms with Crippen LogP contribution >= 0.6 is 11.9 Å². The fraction of sp³-hybridized carbons (Fsp3) is 0.237. The van der Waals surface area contributed by atoms with E-state index >= 15 is 0 Å². The van der Waals surface area contributed by atoms with Crippen LogP contribution in [0, 0.1) is 13.8 Å². The van der Waals surface area contributed by atoms with Gasteiger partial charge in [-0.15, -0.1) is 0 Å². The SMILES string of the molecule is Cc1cccc(C)c1-c1cc2nc(n1)NSc1cccc(c1)C(=O)N(Cc1cnc3oc(C4CC4)cc3n1)[C@H](Cc1ccccc1)CO2. The molecule has 1 saturated carbocycles. The van der Waals surface area contributed by atoms with Crippen molar-refractivity contribution in [2.75, 3.05) is 11.3 Å². The van der Waals surface area contributed by atoms with Crippen molar-refractivity contribution in [2.45, 2.75) is 56.5 Å². The lowest BCUT2D eigenvalue weighted by Crippen LogP contribution is -2.45. The molecule has 1 N–H and O–H groups in total. The molecule has 3 aromatic heterocycles. The minimum Gasteiger partial charge on any atom is -0.475 e. The molecule has 1 amide bonds. The third-order valence-corrected chi connectivity index (χ3v) is 9.61. The Hall–Kier alpha value is -5.22. The van der Waals surface area contributed by atoms with E-state index in [1.54, 1.807) is 6.20 Å². The number of hydrogen-bond acceptors (Lipinski definition) is 9. The molecule has 48 heavy (non-hydrogen) atoms. The Labute approximate surface area is 282 Å². The molecule has 1 atom stereocenters. The summed E-state index contributed by atoms with van der Waals surface area (Å²) in [5.41, 5.74) is 7.60. The first-order valence-electron chi connectivity index (χ1n) is 16.2. The fourth-order valence-electron chi connectivity index (χ4n) is 6.25. The van der Waals surface area contributed by atoms with E-state index in [2.05, 4.69) is 47.8 Å². The summed E-state index contributed by atoms with van der Waals surface area (Å²) in [5.74, 6) is 2.12. The number of rotatable bonds is 6. The molecule has 4 bridgehead atoms. The molecule has 2 aliphatic rings. The number of benzene rings is 3. The number of aromatic nitrogens is 4. The lowest BCUT2D eigenvalue weighted by molar-refractivity contribution is 0.0584. The number of carbonyl (C=O) groups is 1. The first-order chi connectivity index (χ1) is 23.5. The van der Waals surface area contributed by atoms with Gasteiger partial charge in [0.25, 0.3) is 5.91 Å². The minimum absolute atomic E-state index is 0.122. The molecular formula is C38H34N6O3S. The summed E-state index contributed by atoms with van der Waals surface area (Å²) in [6.07, 6.45) is 4.53. The van der Waals surface area contributed by atoms with Crippen LogP contribution < -0.4 is 9.46 Å². The van der Waals surface area contributed by atoms with Crippen LogP contribution in [0.3, 0.4) is 0 Å². The quantitative estimate of drug-likeness (QED) is 0.179. The van der Waals surface area contributed by atoms with Crippen LogP contribution in [0.1, 0.15) is 57.3 Å². The molecule has 0 radical (unpaired) electrons. The van der Waals surface area contributed by atoms with Crippen molar-refractivity contribution in [3.8, 4) is 17.1 Å². The first-order valence-corrected chi connectivity index (χ1v) is 17.0. The van der Waals surface area contributed by atoms with Crippen molar-refractivity contribution in [1.82, 2.24) is 24.8 Å². The summed E-state index contributed by atoms with van der Waals surface area (Å²) >= 11 is 1.35. The van der Waals surface area contributed by atoms with Gasteiger partial charge < -0.3 is 14.1 Å². The number of hydrogen-bond donors (Lipinski definition) is 1. The lowest BCUT2D eigenvalue weighted by atomic mass is 10.00. The Bertz CT molecular complexity index is 2110. The van der Waals surface area contributed by atoms with Gasteiger partial charge in [0.2, 0.25) is 17.5 Å². The monoisotopic (exact) mass is 654 g/mol. The third kappa shape index (κ3) is 6.35. The molecule has 240 valence electrons. The number of anilines is 1. The predicted molar refractivity (Wildman–Crippen MR) is 186 cm³/mol. The van der Waals surface area contributed by atoms with Crippen molar-refractivity contribution < 1.29 is 13.9 Å². The Balaban J connectivity index is 1.21. The van der Waals surface area contributed by atoms with Crippen LogP contribution in [0.15, 0.2) is 100 Å². The van der Waals surface area contributed by atoms with E-state index in [0.717, 1.165) is 51.4 Å². The van der Waals surface area contributed by atoms with Crippen molar-refractivity contribution in [1.29, 1.82) is 0 Å². The number of amides is 1. The van der Waals surface area contributed by atoms with E-state index in [0.29, 0.717) is 46.7 Å². The number of fused-ring (bicyclic) bond motifs is 5. The molecule has 0 saturated heterocycles. The Kier molecular flexibility index (Phi) is 8.01. The summed E-state index contributed by atoms with van der Waals surface area (Å²) in [6.45, 7) is 4.60. The van der Waals surface area contributed by atoms with Crippen molar-refractivity contribution in [3.05, 3.63) is 125 Å². The molecule has 1 aliphatic carbocycles. The van der Waals surface area contributed by atoms with Crippen LogP contribution in [0.4, 0.5) is 5.95 Å². The molecular weight excluding hydrogens is 621 g/mol. The molecule has 6 aromatic rings. The van der Waals surface area contributed by atoms with Gasteiger partial charge in [0.05, 0.1) is 30.2 Å². The summed E-state index contributed by atoms with van der Waals surface area (Å²) in [7, 11) is 0. The molecule has 1 fully saturated rings. The van der Waals surface area contributed by atoms with E-state index in [1.165, 1.54) is 11.9 Å². The molecule has 10 heteroatoms. The zero-order chi connectivity index (χ0) is 32.6. The largest absolute Gasteiger partial charge is 0.475 e. The minimum atomic E-state index is -0.365. The van der Waals surface area contributed by atoms with Gasteiger partial charge in [-0.1, -0.05) is 54.6 Å². The Morgan fingerprint density at radius 1 is 0.917 bits per heavy atom. The topological polar surface area (TPSA) is 106 Å². The van der Waals surface area contributed by atoms with E-state index in [4.69, 9.17) is 24.1 Å². The maximum atomic E-state index is 14.5. The summed E-state index contributed by atoms with van der Waals surface area (Å²) in [4.78, 5) is 36.4. The normalized spacial score (nSPS) is 16.4. The summed E-state index contributed by atoms with van der Waals surface area (Å²) in [5, 5.41) is 0. The molecule has 8 rings (SSSR count). The highest BCUT2D eigenvalue weighted by Crippen LogP contribution is 2.41. The van der Waals surface area contributed by atoms with E-state index in [9.17, 15) is 4.79 Å². The fourth-order valence-corrected chi connectivity index (χ4v) is 6.88. The molecule has 0 unspecified atom stereocenters. The first kappa shape index (κ1) is 30.1. The van der Waals surface area contributed by atoms with Gasteiger partial charge in [0, 0.05) is 34.1 Å². The van der Waals surface area contributed by atoms with Crippen LogP contribution in [0.25, 0.3) is 22.5 Å². The highest BCUT2D eigenvalue weighted by atomic mass is 32.2. The second-order valence-electron chi connectivity index (χ2n) is 12.5. The highest BCUT2D eigenvalue weighted by molar-refractivity contribution is 8.00. The van der Waals surface area contributed by atoms with Crippen molar-refractivity contribution in [2.24, 2.45) is 0 Å². The van der Waals surface area contributed by atoms with E-state index < -0.39 is 0 Å². The number of aryl methyl sites for hydroxylation is 2. The molecule has 4 heterocycles. The Morgan fingerprint density at radius 2 is 1.73 bits per heavy atom. The zero-order valence-corrected chi connectivity index (χ0v) is 27.5. The summed E-state index contributed by atoms with van der Waals surface area (Å²) < 4.78 is 15.8. The predicted octanol–water partition coefficient (Wildman–Crippen LogP) is 7.94. The van der Waals surface area contributed by atoms with Gasteiger partial charge in [-0.25, -0.2) is 15.0 Å². The number of furan rings is 1. The van der Waals surface area contributed by atoms with Gasteiger partial charge in [0.1, 0.15) is 17.9 Å². The van der Waals surface area contributed by atoms with Crippen LogP contribution in [-0.2, 0) is 13.0 Å². The van der Waals surface area contributed by atoms with E-state index in [-0.39, 0.29) is 25.1 Å². The maximum Gasteiger partial charge on any atom is 0.254 e. The van der Waals surface area contributed by atoms with Crippen molar-refractivity contribution in [3.63, 3.8) is 0 Å². The molecule has 1 aliphatic heterocycles. The summed E-state index contributed by atoms with van der Waals surface area (Å²) in [6, 6.07) is 27.5. The van der Waals surface area contributed by atoms with Crippen LogP contribution in [-0.4, -0.2) is 43.4 Å². The second kappa shape index (κ2) is 12.8. The van der Waals surface area contributed by atoms with Gasteiger partial charge in [0.15, 0.2) is 0 Å². The number of ether oxygens (including phenoxy) is 1. The lowest BCUT2D eigenvalue weighted by Gasteiger charge is -2.32. The number of nitrogens with zero attached hydrogens (tertiary/aromatic N) is 5. The average molecular weight is 655 g/mol. The van der Waals surface area contributed by atoms with Gasteiger partial charge in [-0.2, -0.15) is 4.98 Å². The van der Waals surface area contributed by atoms with Crippen LogP contribution in [0.5, 0.6) is 5.88 Å². The maximum absolute atomic E-state index is 14.5. The Morgan fingerprint density at radius 3 is 2.54 bits per heavy atom. The second-order valence-corrected chi connectivity index (χ2v) is 13.4. The van der Waals surface area contributed by atoms with Crippen LogP contribution in [0.2, 0.25) is 0 Å². The van der Waals surface area contributed by atoms with Gasteiger partial charge in [-0.3, -0.25) is 9.52 Å². The van der Waals surface area contributed by atoms with Gasteiger partial charge >= 0.3 is 0 Å². The standard InChI is InChI=1S/C38H34N6O3S/c1-23-8-6-9-24(2)35(23)31-19-34-42-38(41-31)43-48-30-13-7-12-27(17-30)37(45)44(29(22-46-34)16-25-10-4-3-5-11-25)21-28-20-39-36-32(40-28)18-33(47-36)26-14-15-26/h3-13,17-20,26,29H,14-16,21-22H2,1-2H3,(H,41,42,43)/t29-/m1/s1. The van der Waals surface area contributed by atoms with E-state index in [1.807, 2.05) is 65.6 Å².